The van der Waals surface area contributed by atoms with Crippen LogP contribution in [0.3, 0.4) is 0 Å². The predicted molar refractivity (Wildman–Crippen MR) is 69.6 cm³/mol. The van der Waals surface area contributed by atoms with Crippen molar-refractivity contribution in [2.24, 2.45) is 0 Å². The fraction of sp³-hybridized carbons (Fsp3) is 0.455. The zero-order valence-corrected chi connectivity index (χ0v) is 11.4. The van der Waals surface area contributed by atoms with Crippen LogP contribution < -0.4 is 4.74 Å². The lowest BCUT2D eigenvalue weighted by Gasteiger charge is -2.09. The molecular weight excluding hydrogens is 299 g/mol. The van der Waals surface area contributed by atoms with Crippen LogP contribution in [0.4, 0.5) is 0 Å². The highest BCUT2D eigenvalue weighted by Gasteiger charge is 2.05. The largest absolute Gasteiger partial charge is 0.490 e. The average molecular weight is 312 g/mol. The third kappa shape index (κ3) is 4.62. The van der Waals surface area contributed by atoms with Crippen LogP contribution in [-0.4, -0.2) is 11.9 Å². The van der Waals surface area contributed by atoms with Gasteiger partial charge in [0.2, 0.25) is 0 Å². The molecule has 0 saturated carbocycles. The minimum Gasteiger partial charge on any atom is -0.490 e. The molecule has 0 fully saturated rings. The fourth-order valence-electron chi connectivity index (χ4n) is 1.17. The summed E-state index contributed by atoms with van der Waals surface area (Å²) >= 11 is 15.3. The Morgan fingerprint density at radius 2 is 1.73 bits per heavy atom. The standard InChI is InChI=1S/C11H13BrCl2O/c12-7-2-1-3-8-15-11-9(13)5-4-6-10(11)14/h4-6H,1-3,7-8H2. The van der Waals surface area contributed by atoms with Crippen LogP contribution in [0.2, 0.25) is 10.0 Å². The third-order valence-electron chi connectivity index (χ3n) is 1.94. The molecule has 0 aliphatic heterocycles. The van der Waals surface area contributed by atoms with Gasteiger partial charge in [-0.3, -0.25) is 0 Å². The summed E-state index contributed by atoms with van der Waals surface area (Å²) in [6, 6.07) is 5.37. The maximum atomic E-state index is 5.95. The van der Waals surface area contributed by atoms with E-state index in [1.165, 1.54) is 6.42 Å². The van der Waals surface area contributed by atoms with Crippen LogP contribution in [0.15, 0.2) is 18.2 Å². The monoisotopic (exact) mass is 310 g/mol. The molecule has 0 amide bonds. The molecule has 1 aromatic carbocycles. The van der Waals surface area contributed by atoms with E-state index in [0.29, 0.717) is 22.4 Å². The Bertz CT molecular complexity index is 284. The van der Waals surface area contributed by atoms with Gasteiger partial charge in [0.1, 0.15) is 0 Å². The molecule has 0 saturated heterocycles. The van der Waals surface area contributed by atoms with E-state index in [-0.39, 0.29) is 0 Å². The molecule has 4 heteroatoms. The summed E-state index contributed by atoms with van der Waals surface area (Å²) in [6.07, 6.45) is 3.33. The second-order valence-electron chi connectivity index (χ2n) is 3.15. The normalized spacial score (nSPS) is 10.3. The molecule has 1 nitrogen and oxygen atoms in total. The van der Waals surface area contributed by atoms with Gasteiger partial charge in [-0.05, 0) is 31.4 Å². The Morgan fingerprint density at radius 3 is 2.33 bits per heavy atom. The van der Waals surface area contributed by atoms with Crippen molar-refractivity contribution in [3.8, 4) is 5.75 Å². The van der Waals surface area contributed by atoms with E-state index in [1.807, 2.05) is 6.07 Å². The van der Waals surface area contributed by atoms with E-state index in [9.17, 15) is 0 Å². The molecule has 0 aromatic heterocycles. The molecule has 0 bridgehead atoms. The lowest BCUT2D eigenvalue weighted by atomic mass is 10.3. The number of para-hydroxylation sites is 1. The van der Waals surface area contributed by atoms with Gasteiger partial charge in [0, 0.05) is 5.33 Å². The molecule has 0 unspecified atom stereocenters. The minimum atomic E-state index is 0.572. The highest BCUT2D eigenvalue weighted by molar-refractivity contribution is 9.09. The summed E-state index contributed by atoms with van der Waals surface area (Å²) in [7, 11) is 0. The molecule has 0 radical (unpaired) electrons. The van der Waals surface area contributed by atoms with Gasteiger partial charge in [0.25, 0.3) is 0 Å². The van der Waals surface area contributed by atoms with Crippen LogP contribution in [0.1, 0.15) is 19.3 Å². The van der Waals surface area contributed by atoms with E-state index in [0.717, 1.165) is 18.2 Å². The highest BCUT2D eigenvalue weighted by Crippen LogP contribution is 2.32. The van der Waals surface area contributed by atoms with Crippen LogP contribution in [0.5, 0.6) is 5.75 Å². The maximum absolute atomic E-state index is 5.95. The first-order valence-electron chi connectivity index (χ1n) is 4.88. The SMILES string of the molecule is Clc1cccc(Cl)c1OCCCCCBr. The zero-order valence-electron chi connectivity index (χ0n) is 8.31. The number of unbranched alkanes of at least 4 members (excludes halogenated alkanes) is 2. The van der Waals surface area contributed by atoms with Gasteiger partial charge < -0.3 is 4.74 Å². The van der Waals surface area contributed by atoms with Crippen LogP contribution in [0, 0.1) is 0 Å². The molecule has 0 aliphatic rings. The Hall–Kier alpha value is 0.0800. The molecule has 0 aliphatic carbocycles. The molecule has 15 heavy (non-hydrogen) atoms. The van der Waals surface area contributed by atoms with E-state index in [2.05, 4.69) is 15.9 Å². The Labute approximate surface area is 109 Å². The maximum Gasteiger partial charge on any atom is 0.156 e. The molecular formula is C11H13BrCl2O. The first-order valence-corrected chi connectivity index (χ1v) is 6.76. The van der Waals surface area contributed by atoms with Crippen molar-refractivity contribution in [2.75, 3.05) is 11.9 Å². The number of rotatable bonds is 6. The van der Waals surface area contributed by atoms with Gasteiger partial charge in [-0.2, -0.15) is 0 Å². The molecule has 0 atom stereocenters. The summed E-state index contributed by atoms with van der Waals surface area (Å²) in [5.41, 5.74) is 0. The Morgan fingerprint density at radius 1 is 1.07 bits per heavy atom. The Kier molecular flexibility index (Phi) is 6.46. The molecule has 0 spiro atoms. The van der Waals surface area contributed by atoms with Crippen molar-refractivity contribution < 1.29 is 4.74 Å². The third-order valence-corrected chi connectivity index (χ3v) is 3.10. The fourth-order valence-corrected chi connectivity index (χ4v) is 2.07. The van der Waals surface area contributed by atoms with Gasteiger partial charge in [-0.15, -0.1) is 0 Å². The minimum absolute atomic E-state index is 0.572. The number of alkyl halides is 1. The lowest BCUT2D eigenvalue weighted by Crippen LogP contribution is -1.98. The van der Waals surface area contributed by atoms with E-state index >= 15 is 0 Å². The molecule has 1 rings (SSSR count). The number of hydrogen-bond donors (Lipinski definition) is 0. The van der Waals surface area contributed by atoms with Gasteiger partial charge >= 0.3 is 0 Å². The summed E-state index contributed by atoms with van der Waals surface area (Å²) in [5.74, 6) is 0.597. The van der Waals surface area contributed by atoms with Crippen molar-refractivity contribution in [3.63, 3.8) is 0 Å². The molecule has 1 aromatic rings. The predicted octanol–water partition coefficient (Wildman–Crippen LogP) is 4.94. The molecule has 0 heterocycles. The van der Waals surface area contributed by atoms with Crippen molar-refractivity contribution >= 4 is 39.1 Å². The van der Waals surface area contributed by atoms with E-state index < -0.39 is 0 Å². The summed E-state index contributed by atoms with van der Waals surface area (Å²) < 4.78 is 5.53. The molecule has 84 valence electrons. The average Bonchev–Trinajstić information content (AvgIpc) is 2.21. The zero-order chi connectivity index (χ0) is 11.1. The van der Waals surface area contributed by atoms with Gasteiger partial charge in [-0.1, -0.05) is 45.2 Å². The number of hydrogen-bond acceptors (Lipinski definition) is 1. The van der Waals surface area contributed by atoms with Gasteiger partial charge in [-0.25, -0.2) is 0 Å². The van der Waals surface area contributed by atoms with Crippen LogP contribution >= 0.6 is 39.1 Å². The van der Waals surface area contributed by atoms with Crippen molar-refractivity contribution in [2.45, 2.75) is 19.3 Å². The Balaban J connectivity index is 2.37. The van der Waals surface area contributed by atoms with Crippen molar-refractivity contribution in [3.05, 3.63) is 28.2 Å². The molecule has 0 N–H and O–H groups in total. The van der Waals surface area contributed by atoms with Gasteiger partial charge in [0.15, 0.2) is 5.75 Å². The summed E-state index contributed by atoms with van der Waals surface area (Å²) in [4.78, 5) is 0. The van der Waals surface area contributed by atoms with Crippen molar-refractivity contribution in [1.29, 1.82) is 0 Å². The quantitative estimate of drug-likeness (QED) is 0.534. The second kappa shape index (κ2) is 7.37. The summed E-state index contributed by atoms with van der Waals surface area (Å²) in [6.45, 7) is 0.663. The van der Waals surface area contributed by atoms with Crippen LogP contribution in [0.25, 0.3) is 0 Å². The van der Waals surface area contributed by atoms with Crippen LogP contribution in [-0.2, 0) is 0 Å². The number of halogens is 3. The number of benzene rings is 1. The van der Waals surface area contributed by atoms with E-state index in [1.54, 1.807) is 12.1 Å². The topological polar surface area (TPSA) is 9.23 Å². The highest BCUT2D eigenvalue weighted by atomic mass is 79.9. The first-order chi connectivity index (χ1) is 7.25. The summed E-state index contributed by atoms with van der Waals surface area (Å²) in [5, 5.41) is 2.19. The first kappa shape index (κ1) is 13.1. The lowest BCUT2D eigenvalue weighted by molar-refractivity contribution is 0.307. The second-order valence-corrected chi connectivity index (χ2v) is 4.76. The van der Waals surface area contributed by atoms with Crippen molar-refractivity contribution in [1.82, 2.24) is 0 Å². The van der Waals surface area contributed by atoms with Gasteiger partial charge in [0.05, 0.1) is 16.7 Å². The smallest absolute Gasteiger partial charge is 0.156 e. The number of ether oxygens (including phenoxy) is 1. The van der Waals surface area contributed by atoms with E-state index in [4.69, 9.17) is 27.9 Å².